The molecule has 2 atom stereocenters. The van der Waals surface area contributed by atoms with E-state index in [4.69, 9.17) is 18.9 Å². The minimum Gasteiger partial charge on any atom is -0.382 e. The van der Waals surface area contributed by atoms with E-state index in [1.54, 1.807) is 7.11 Å². The van der Waals surface area contributed by atoms with Crippen LogP contribution in [-0.4, -0.2) is 77.4 Å². The molecule has 2 heterocycles. The zero-order chi connectivity index (χ0) is 14.2. The van der Waals surface area contributed by atoms with E-state index >= 15 is 0 Å². The topological polar surface area (TPSA) is 40.2 Å². The lowest BCUT2D eigenvalue weighted by Crippen LogP contribution is -2.51. The SMILES string of the molecule is COCCOCCOCCC1=CC2COCC(C1)N2C. The van der Waals surface area contributed by atoms with Crippen molar-refractivity contribution in [2.45, 2.75) is 24.9 Å². The molecule has 0 N–H and O–H groups in total. The predicted molar refractivity (Wildman–Crippen MR) is 77.0 cm³/mol. The van der Waals surface area contributed by atoms with E-state index in [-0.39, 0.29) is 0 Å². The van der Waals surface area contributed by atoms with Crippen LogP contribution in [-0.2, 0) is 18.9 Å². The lowest BCUT2D eigenvalue weighted by Gasteiger charge is -2.42. The van der Waals surface area contributed by atoms with Crippen molar-refractivity contribution in [1.82, 2.24) is 4.90 Å². The minimum atomic E-state index is 0.454. The molecule has 2 rings (SSSR count). The molecule has 2 unspecified atom stereocenters. The van der Waals surface area contributed by atoms with Crippen LogP contribution in [0.3, 0.4) is 0 Å². The fourth-order valence-electron chi connectivity index (χ4n) is 2.70. The second kappa shape index (κ2) is 8.74. The van der Waals surface area contributed by atoms with Gasteiger partial charge in [0.15, 0.2) is 0 Å². The number of ether oxygens (including phenoxy) is 4. The number of morpholine rings is 1. The first kappa shape index (κ1) is 15.9. The summed E-state index contributed by atoms with van der Waals surface area (Å²) in [5.74, 6) is 0. The summed E-state index contributed by atoms with van der Waals surface area (Å²) in [6.07, 6.45) is 4.49. The summed E-state index contributed by atoms with van der Waals surface area (Å²) in [7, 11) is 3.87. The van der Waals surface area contributed by atoms with Crippen LogP contribution in [0, 0.1) is 0 Å². The molecule has 116 valence electrons. The quantitative estimate of drug-likeness (QED) is 0.468. The maximum atomic E-state index is 5.61. The molecule has 0 aromatic heterocycles. The number of hydrogen-bond acceptors (Lipinski definition) is 5. The van der Waals surface area contributed by atoms with Crippen molar-refractivity contribution in [1.29, 1.82) is 0 Å². The van der Waals surface area contributed by atoms with E-state index in [0.29, 0.717) is 38.5 Å². The summed E-state index contributed by atoms with van der Waals surface area (Å²) in [5.41, 5.74) is 1.52. The molecular weight excluding hydrogens is 258 g/mol. The summed E-state index contributed by atoms with van der Waals surface area (Å²) >= 11 is 0. The third kappa shape index (κ3) is 4.82. The van der Waals surface area contributed by atoms with E-state index in [9.17, 15) is 0 Å². The van der Waals surface area contributed by atoms with Crippen molar-refractivity contribution >= 4 is 0 Å². The molecule has 2 bridgehead atoms. The van der Waals surface area contributed by atoms with Gasteiger partial charge in [0.2, 0.25) is 0 Å². The molecule has 0 aromatic rings. The molecule has 0 spiro atoms. The number of fused-ring (bicyclic) bond motifs is 2. The summed E-state index contributed by atoms with van der Waals surface area (Å²) in [6.45, 7) is 5.05. The monoisotopic (exact) mass is 285 g/mol. The molecule has 0 aromatic carbocycles. The largest absolute Gasteiger partial charge is 0.382 e. The van der Waals surface area contributed by atoms with Crippen LogP contribution >= 0.6 is 0 Å². The average Bonchev–Trinajstić information content (AvgIpc) is 2.42. The van der Waals surface area contributed by atoms with E-state index in [2.05, 4.69) is 18.0 Å². The lowest BCUT2D eigenvalue weighted by atomic mass is 9.93. The summed E-state index contributed by atoms with van der Waals surface area (Å²) in [5, 5.41) is 0. The van der Waals surface area contributed by atoms with E-state index in [1.807, 2.05) is 0 Å². The van der Waals surface area contributed by atoms with Gasteiger partial charge in [-0.1, -0.05) is 11.6 Å². The van der Waals surface area contributed by atoms with Gasteiger partial charge in [-0.05, 0) is 19.9 Å². The molecule has 1 fully saturated rings. The Hall–Kier alpha value is -0.460. The molecule has 0 amide bonds. The molecule has 0 radical (unpaired) electrons. The number of methoxy groups -OCH3 is 1. The van der Waals surface area contributed by atoms with E-state index in [0.717, 1.165) is 32.7 Å². The first-order chi connectivity index (χ1) is 9.81. The van der Waals surface area contributed by atoms with Gasteiger partial charge in [-0.3, -0.25) is 4.90 Å². The van der Waals surface area contributed by atoms with Gasteiger partial charge in [-0.2, -0.15) is 0 Å². The van der Waals surface area contributed by atoms with Crippen LogP contribution in [0.1, 0.15) is 12.8 Å². The van der Waals surface area contributed by atoms with Crippen LogP contribution in [0.15, 0.2) is 11.6 Å². The Labute approximate surface area is 121 Å². The van der Waals surface area contributed by atoms with Crippen LogP contribution in [0.4, 0.5) is 0 Å². The molecule has 5 nitrogen and oxygen atoms in total. The summed E-state index contributed by atoms with van der Waals surface area (Å²) in [6, 6.07) is 1.00. The molecule has 5 heteroatoms. The van der Waals surface area contributed by atoms with Gasteiger partial charge in [0.05, 0.1) is 52.3 Å². The summed E-state index contributed by atoms with van der Waals surface area (Å²) in [4.78, 5) is 2.43. The zero-order valence-electron chi connectivity index (χ0n) is 12.7. The second-order valence-electron chi connectivity index (χ2n) is 5.42. The molecule has 0 saturated carbocycles. The van der Waals surface area contributed by atoms with Gasteiger partial charge in [0.1, 0.15) is 0 Å². The number of nitrogens with zero attached hydrogens (tertiary/aromatic N) is 1. The average molecular weight is 285 g/mol. The van der Waals surface area contributed by atoms with Crippen LogP contribution in [0.5, 0.6) is 0 Å². The first-order valence-corrected chi connectivity index (χ1v) is 7.45. The molecular formula is C15H27NO4. The Morgan fingerprint density at radius 3 is 2.65 bits per heavy atom. The van der Waals surface area contributed by atoms with Gasteiger partial charge in [-0.15, -0.1) is 0 Å². The highest BCUT2D eigenvalue weighted by Gasteiger charge is 2.31. The molecule has 20 heavy (non-hydrogen) atoms. The van der Waals surface area contributed by atoms with Crippen LogP contribution < -0.4 is 0 Å². The number of likely N-dealkylation sites (N-methyl/N-ethyl adjacent to an activating group) is 1. The third-order valence-corrected chi connectivity index (χ3v) is 4.00. The maximum absolute atomic E-state index is 5.61. The van der Waals surface area contributed by atoms with Crippen molar-refractivity contribution in [3.63, 3.8) is 0 Å². The Morgan fingerprint density at radius 2 is 1.90 bits per heavy atom. The summed E-state index contributed by atoms with van der Waals surface area (Å²) < 4.78 is 21.5. The van der Waals surface area contributed by atoms with Gasteiger partial charge in [0, 0.05) is 13.2 Å². The standard InChI is InChI=1S/C15H27NO4/c1-16-14-9-13(10-15(16)12-20-11-14)3-4-18-7-8-19-6-5-17-2/h9,14-15H,3-8,10-12H2,1-2H3. The van der Waals surface area contributed by atoms with Gasteiger partial charge in [-0.25, -0.2) is 0 Å². The first-order valence-electron chi connectivity index (χ1n) is 7.45. The van der Waals surface area contributed by atoms with Crippen molar-refractivity contribution in [2.24, 2.45) is 0 Å². The lowest BCUT2D eigenvalue weighted by molar-refractivity contribution is -0.0269. The third-order valence-electron chi connectivity index (χ3n) is 4.00. The molecule has 2 aliphatic rings. The Morgan fingerprint density at radius 1 is 1.15 bits per heavy atom. The smallest absolute Gasteiger partial charge is 0.0701 e. The highest BCUT2D eigenvalue weighted by Crippen LogP contribution is 2.26. The normalized spacial score (nSPS) is 26.6. The number of hydrogen-bond donors (Lipinski definition) is 0. The molecule has 2 aliphatic heterocycles. The highest BCUT2D eigenvalue weighted by molar-refractivity contribution is 5.15. The Bertz CT molecular complexity index is 308. The fourth-order valence-corrected chi connectivity index (χ4v) is 2.70. The Balaban J connectivity index is 1.56. The zero-order valence-corrected chi connectivity index (χ0v) is 12.7. The van der Waals surface area contributed by atoms with Crippen molar-refractivity contribution in [3.8, 4) is 0 Å². The maximum Gasteiger partial charge on any atom is 0.0701 e. The Kier molecular flexibility index (Phi) is 6.96. The van der Waals surface area contributed by atoms with Crippen LogP contribution in [0.25, 0.3) is 0 Å². The van der Waals surface area contributed by atoms with Crippen LogP contribution in [0.2, 0.25) is 0 Å². The van der Waals surface area contributed by atoms with Gasteiger partial charge >= 0.3 is 0 Å². The van der Waals surface area contributed by atoms with Crippen molar-refractivity contribution in [3.05, 3.63) is 11.6 Å². The highest BCUT2D eigenvalue weighted by atomic mass is 16.5. The van der Waals surface area contributed by atoms with E-state index < -0.39 is 0 Å². The van der Waals surface area contributed by atoms with E-state index in [1.165, 1.54) is 5.57 Å². The number of rotatable bonds is 9. The fraction of sp³-hybridized carbons (Fsp3) is 0.867. The minimum absolute atomic E-state index is 0.454. The van der Waals surface area contributed by atoms with Crippen molar-refractivity contribution in [2.75, 3.05) is 60.4 Å². The second-order valence-corrected chi connectivity index (χ2v) is 5.42. The molecule has 1 saturated heterocycles. The van der Waals surface area contributed by atoms with Gasteiger partial charge < -0.3 is 18.9 Å². The van der Waals surface area contributed by atoms with Crippen molar-refractivity contribution < 1.29 is 18.9 Å². The molecule has 0 aliphatic carbocycles. The van der Waals surface area contributed by atoms with Gasteiger partial charge in [0.25, 0.3) is 0 Å². The predicted octanol–water partition coefficient (Wildman–Crippen LogP) is 1.09.